The summed E-state index contributed by atoms with van der Waals surface area (Å²) in [4.78, 5) is 13.8. The number of nitrogens with zero attached hydrogens (tertiary/aromatic N) is 2. The summed E-state index contributed by atoms with van der Waals surface area (Å²) in [6, 6.07) is 24.2. The maximum absolute atomic E-state index is 14.0. The van der Waals surface area contributed by atoms with Crippen LogP contribution in [-0.2, 0) is 17.5 Å². The number of likely N-dealkylation sites (N-methyl/N-ethyl adjacent to an activating group) is 1. The van der Waals surface area contributed by atoms with Crippen LogP contribution in [0.15, 0.2) is 89.4 Å². The SMILES string of the molecule is CN(C)CC(=O)NCc1cccc(-c2ccc(-c3ccc(Br)cc3)n2-c2ccccc2C(F)(F)F)c1. The fourth-order valence-electron chi connectivity index (χ4n) is 4.06. The van der Waals surface area contributed by atoms with Crippen LogP contribution in [0.25, 0.3) is 28.2 Å². The fraction of sp³-hybridized carbons (Fsp3) is 0.179. The largest absolute Gasteiger partial charge is 0.418 e. The van der Waals surface area contributed by atoms with Crippen LogP contribution in [0.4, 0.5) is 13.2 Å². The highest BCUT2D eigenvalue weighted by molar-refractivity contribution is 9.10. The van der Waals surface area contributed by atoms with Gasteiger partial charge in [-0.05, 0) is 73.3 Å². The van der Waals surface area contributed by atoms with Crippen molar-refractivity contribution < 1.29 is 18.0 Å². The number of hydrogen-bond acceptors (Lipinski definition) is 2. The van der Waals surface area contributed by atoms with Crippen LogP contribution >= 0.6 is 15.9 Å². The smallest absolute Gasteiger partial charge is 0.351 e. The van der Waals surface area contributed by atoms with Crippen molar-refractivity contribution in [3.63, 3.8) is 0 Å². The van der Waals surface area contributed by atoms with Gasteiger partial charge in [-0.15, -0.1) is 0 Å². The Morgan fingerprint density at radius 1 is 0.889 bits per heavy atom. The molecule has 1 aromatic heterocycles. The van der Waals surface area contributed by atoms with Gasteiger partial charge in [-0.25, -0.2) is 0 Å². The second kappa shape index (κ2) is 10.7. The van der Waals surface area contributed by atoms with E-state index in [1.807, 2.05) is 74.8 Å². The van der Waals surface area contributed by atoms with Gasteiger partial charge >= 0.3 is 6.18 Å². The van der Waals surface area contributed by atoms with Gasteiger partial charge in [-0.1, -0.05) is 58.4 Å². The van der Waals surface area contributed by atoms with Gasteiger partial charge in [0.05, 0.1) is 29.2 Å². The van der Waals surface area contributed by atoms with Crippen molar-refractivity contribution in [3.05, 3.63) is 101 Å². The van der Waals surface area contributed by atoms with Crippen molar-refractivity contribution in [2.75, 3.05) is 20.6 Å². The predicted octanol–water partition coefficient (Wildman–Crippen LogP) is 6.77. The normalized spacial score (nSPS) is 11.6. The Morgan fingerprint density at radius 3 is 2.22 bits per heavy atom. The Labute approximate surface area is 216 Å². The van der Waals surface area contributed by atoms with E-state index in [4.69, 9.17) is 0 Å². The van der Waals surface area contributed by atoms with Gasteiger partial charge in [0.25, 0.3) is 0 Å². The molecule has 4 nitrogen and oxygen atoms in total. The zero-order chi connectivity index (χ0) is 25.9. The van der Waals surface area contributed by atoms with Crippen molar-refractivity contribution in [2.24, 2.45) is 0 Å². The number of alkyl halides is 3. The van der Waals surface area contributed by atoms with Gasteiger partial charge < -0.3 is 14.8 Å². The van der Waals surface area contributed by atoms with Crippen LogP contribution in [0.5, 0.6) is 0 Å². The van der Waals surface area contributed by atoms with Crippen LogP contribution in [0.2, 0.25) is 0 Å². The van der Waals surface area contributed by atoms with Gasteiger partial charge in [-0.2, -0.15) is 13.2 Å². The van der Waals surface area contributed by atoms with Crippen molar-refractivity contribution in [2.45, 2.75) is 12.7 Å². The molecule has 3 aromatic carbocycles. The van der Waals surface area contributed by atoms with Crippen LogP contribution in [0, 0.1) is 0 Å². The molecule has 0 fully saturated rings. The van der Waals surface area contributed by atoms with Gasteiger partial charge in [0.2, 0.25) is 5.91 Å². The molecule has 0 atom stereocenters. The number of nitrogens with one attached hydrogen (secondary N) is 1. The fourth-order valence-corrected chi connectivity index (χ4v) is 4.32. The molecule has 0 saturated heterocycles. The minimum atomic E-state index is -4.52. The molecule has 0 radical (unpaired) electrons. The van der Waals surface area contributed by atoms with Crippen molar-refractivity contribution in [1.82, 2.24) is 14.8 Å². The Kier molecular flexibility index (Phi) is 7.66. The summed E-state index contributed by atoms with van der Waals surface area (Å²) in [5, 5.41) is 2.88. The number of hydrogen-bond donors (Lipinski definition) is 1. The maximum Gasteiger partial charge on any atom is 0.418 e. The molecule has 1 heterocycles. The molecule has 0 unspecified atom stereocenters. The van der Waals surface area contributed by atoms with Crippen LogP contribution in [0.1, 0.15) is 11.1 Å². The first-order chi connectivity index (χ1) is 17.1. The van der Waals surface area contributed by atoms with E-state index in [1.165, 1.54) is 12.1 Å². The molecule has 8 heteroatoms. The molecule has 4 rings (SSSR count). The molecule has 186 valence electrons. The molecule has 0 aliphatic rings. The summed E-state index contributed by atoms with van der Waals surface area (Å²) in [5.41, 5.74) is 2.97. The zero-order valence-corrected chi connectivity index (χ0v) is 21.4. The quantitative estimate of drug-likeness (QED) is 0.273. The molecule has 0 saturated carbocycles. The first-order valence-electron chi connectivity index (χ1n) is 11.3. The van der Waals surface area contributed by atoms with Gasteiger partial charge in [0.15, 0.2) is 0 Å². The average molecular weight is 556 g/mol. The molecule has 4 aromatic rings. The molecule has 1 amide bonds. The van der Waals surface area contributed by atoms with E-state index in [9.17, 15) is 18.0 Å². The van der Waals surface area contributed by atoms with Gasteiger partial charge in [0, 0.05) is 11.0 Å². The Hall–Kier alpha value is -3.36. The Bertz CT molecular complexity index is 1360. The molecule has 0 aliphatic carbocycles. The third-order valence-electron chi connectivity index (χ3n) is 5.64. The van der Waals surface area contributed by atoms with E-state index < -0.39 is 11.7 Å². The van der Waals surface area contributed by atoms with Crippen LogP contribution in [-0.4, -0.2) is 36.0 Å². The van der Waals surface area contributed by atoms with Gasteiger partial charge in [-0.3, -0.25) is 4.79 Å². The molecular formula is C28H25BrF3N3O. The lowest BCUT2D eigenvalue weighted by atomic mass is 10.1. The molecule has 0 bridgehead atoms. The summed E-state index contributed by atoms with van der Waals surface area (Å²) in [5.74, 6) is -0.106. The van der Waals surface area contributed by atoms with E-state index in [0.717, 1.165) is 27.2 Å². The number of rotatable bonds is 7. The Morgan fingerprint density at radius 2 is 1.56 bits per heavy atom. The van der Waals surface area contributed by atoms with Crippen molar-refractivity contribution in [3.8, 4) is 28.2 Å². The van der Waals surface area contributed by atoms with Crippen LogP contribution in [0.3, 0.4) is 0 Å². The standard InChI is InChI=1S/C28H25BrF3N3O/c1-34(2)18-27(36)33-17-19-6-5-7-21(16-19)25-15-14-24(20-10-12-22(29)13-11-20)35(25)26-9-4-3-8-23(26)28(30,31)32/h3-16H,17-18H2,1-2H3,(H,33,36). The number of halogens is 4. The van der Waals surface area contributed by atoms with E-state index in [-0.39, 0.29) is 18.1 Å². The highest BCUT2D eigenvalue weighted by atomic mass is 79.9. The number of benzene rings is 3. The number of para-hydroxylation sites is 1. The second-order valence-electron chi connectivity index (χ2n) is 8.68. The first-order valence-corrected chi connectivity index (χ1v) is 12.1. The summed E-state index contributed by atoms with van der Waals surface area (Å²) < 4.78 is 44.6. The lowest BCUT2D eigenvalue weighted by Gasteiger charge is -2.19. The number of amides is 1. The molecule has 36 heavy (non-hydrogen) atoms. The van der Waals surface area contributed by atoms with E-state index in [0.29, 0.717) is 17.9 Å². The second-order valence-corrected chi connectivity index (χ2v) is 9.59. The summed E-state index contributed by atoms with van der Waals surface area (Å²) in [6.07, 6.45) is -4.52. The minimum Gasteiger partial charge on any atom is -0.351 e. The lowest BCUT2D eigenvalue weighted by molar-refractivity contribution is -0.137. The zero-order valence-electron chi connectivity index (χ0n) is 19.8. The average Bonchev–Trinajstić information content (AvgIpc) is 3.27. The minimum absolute atomic E-state index is 0.0487. The highest BCUT2D eigenvalue weighted by Gasteiger charge is 2.34. The summed E-state index contributed by atoms with van der Waals surface area (Å²) in [6.45, 7) is 0.591. The predicted molar refractivity (Wildman–Crippen MR) is 140 cm³/mol. The highest BCUT2D eigenvalue weighted by Crippen LogP contribution is 2.39. The monoisotopic (exact) mass is 555 g/mol. The number of carbonyl (C=O) groups excluding carboxylic acids is 1. The third kappa shape index (κ3) is 5.88. The first kappa shape index (κ1) is 25.7. The van der Waals surface area contributed by atoms with E-state index >= 15 is 0 Å². The Balaban J connectivity index is 1.82. The van der Waals surface area contributed by atoms with E-state index in [1.54, 1.807) is 15.5 Å². The molecule has 0 spiro atoms. The topological polar surface area (TPSA) is 37.3 Å². The summed E-state index contributed by atoms with van der Waals surface area (Å²) in [7, 11) is 3.63. The molecular weight excluding hydrogens is 531 g/mol. The number of carbonyl (C=O) groups is 1. The lowest BCUT2D eigenvalue weighted by Crippen LogP contribution is -2.32. The molecule has 0 aliphatic heterocycles. The van der Waals surface area contributed by atoms with E-state index in [2.05, 4.69) is 21.2 Å². The third-order valence-corrected chi connectivity index (χ3v) is 6.17. The summed E-state index contributed by atoms with van der Waals surface area (Å²) >= 11 is 3.42. The van der Waals surface area contributed by atoms with Crippen molar-refractivity contribution >= 4 is 21.8 Å². The number of aromatic nitrogens is 1. The molecule has 1 N–H and O–H groups in total. The van der Waals surface area contributed by atoms with Crippen molar-refractivity contribution in [1.29, 1.82) is 0 Å². The maximum atomic E-state index is 14.0. The van der Waals surface area contributed by atoms with Crippen LogP contribution < -0.4 is 5.32 Å². The van der Waals surface area contributed by atoms with Gasteiger partial charge in [0.1, 0.15) is 0 Å².